The first-order chi connectivity index (χ1) is 14.6. The Kier molecular flexibility index (Phi) is 7.95. The Morgan fingerprint density at radius 1 is 1.00 bits per heavy atom. The largest absolute Gasteiger partial charge is 0.324 e. The second kappa shape index (κ2) is 10.9. The van der Waals surface area contributed by atoms with Gasteiger partial charge in [-0.25, -0.2) is 10.3 Å². The average Bonchev–Trinajstić information content (AvgIpc) is 3.26. The number of nitrogens with zero attached hydrogens (tertiary/aromatic N) is 2. The van der Waals surface area contributed by atoms with Crippen molar-refractivity contribution in [1.82, 2.24) is 20.6 Å². The first-order valence-electron chi connectivity index (χ1n) is 9.97. The van der Waals surface area contributed by atoms with Crippen molar-refractivity contribution in [2.24, 2.45) is 0 Å². The fraction of sp³-hybridized carbons (Fsp3) is 0.381. The van der Waals surface area contributed by atoms with Crippen LogP contribution in [0.2, 0.25) is 0 Å². The van der Waals surface area contributed by atoms with Crippen LogP contribution < -0.4 is 10.8 Å². The molecule has 0 bridgehead atoms. The highest BCUT2D eigenvalue weighted by molar-refractivity contribution is 7.14. The molecular weight excluding hydrogens is 404 g/mol. The summed E-state index contributed by atoms with van der Waals surface area (Å²) >= 11 is 1.20. The monoisotopic (exact) mass is 430 g/mol. The van der Waals surface area contributed by atoms with Gasteiger partial charge in [0.05, 0.1) is 11.4 Å². The minimum absolute atomic E-state index is 0.269. The molecule has 0 spiro atoms. The van der Waals surface area contributed by atoms with E-state index in [9.17, 15) is 14.4 Å². The van der Waals surface area contributed by atoms with Gasteiger partial charge >= 0.3 is 6.03 Å². The number of benzene rings is 1. The van der Waals surface area contributed by atoms with Gasteiger partial charge in [0.1, 0.15) is 0 Å². The van der Waals surface area contributed by atoms with E-state index >= 15 is 0 Å². The van der Waals surface area contributed by atoms with Crippen LogP contribution >= 0.6 is 11.3 Å². The summed E-state index contributed by atoms with van der Waals surface area (Å²) in [4.78, 5) is 41.9. The molecule has 2 aromatic rings. The number of urea groups is 1. The molecule has 8 nitrogen and oxygen atoms in total. The Balaban J connectivity index is 1.67. The Bertz CT molecular complexity index is 865. The second-order valence-corrected chi connectivity index (χ2v) is 8.32. The molecule has 1 aromatic carbocycles. The molecule has 3 rings (SSSR count). The number of likely N-dealkylation sites (tertiary alicyclic amines) is 1. The smallest absolute Gasteiger partial charge is 0.318 e. The van der Waals surface area contributed by atoms with Crippen LogP contribution in [0.4, 0.5) is 4.79 Å². The Hall–Kier alpha value is -2.75. The molecule has 2 heterocycles. The molecule has 1 aromatic heterocycles. The SMILES string of the molecule is O=C(NC(=O)N(CCN1CCCCC1)Cc1ccc(C(=O)NO)s1)c1ccccc1. The van der Waals surface area contributed by atoms with Crippen molar-refractivity contribution in [1.29, 1.82) is 0 Å². The van der Waals surface area contributed by atoms with Gasteiger partial charge < -0.3 is 9.80 Å². The van der Waals surface area contributed by atoms with Gasteiger partial charge in [-0.3, -0.25) is 20.1 Å². The van der Waals surface area contributed by atoms with E-state index in [1.807, 2.05) is 0 Å². The number of piperidine rings is 1. The Morgan fingerprint density at radius 2 is 1.73 bits per heavy atom. The minimum atomic E-state index is -0.588. The van der Waals surface area contributed by atoms with Gasteiger partial charge in [-0.2, -0.15) is 0 Å². The van der Waals surface area contributed by atoms with Gasteiger partial charge in [0, 0.05) is 23.5 Å². The van der Waals surface area contributed by atoms with Crippen molar-refractivity contribution >= 4 is 29.2 Å². The quantitative estimate of drug-likeness (QED) is 0.463. The van der Waals surface area contributed by atoms with Crippen molar-refractivity contribution in [3.63, 3.8) is 0 Å². The topological polar surface area (TPSA) is 102 Å². The highest BCUT2D eigenvalue weighted by atomic mass is 32.1. The highest BCUT2D eigenvalue weighted by Crippen LogP contribution is 2.19. The molecule has 1 saturated heterocycles. The molecule has 0 saturated carbocycles. The lowest BCUT2D eigenvalue weighted by Crippen LogP contribution is -2.46. The van der Waals surface area contributed by atoms with Crippen molar-refractivity contribution in [2.45, 2.75) is 25.8 Å². The maximum Gasteiger partial charge on any atom is 0.324 e. The molecule has 3 N–H and O–H groups in total. The van der Waals surface area contributed by atoms with E-state index in [0.717, 1.165) is 37.4 Å². The predicted octanol–water partition coefficient (Wildman–Crippen LogP) is 2.71. The van der Waals surface area contributed by atoms with Crippen LogP contribution in [-0.2, 0) is 6.54 Å². The van der Waals surface area contributed by atoms with Crippen molar-refractivity contribution in [3.8, 4) is 0 Å². The lowest BCUT2D eigenvalue weighted by atomic mass is 10.1. The number of thiophene rings is 1. The number of carbonyl (C=O) groups is 3. The Labute approximate surface area is 179 Å². The first-order valence-corrected chi connectivity index (χ1v) is 10.8. The molecule has 0 radical (unpaired) electrons. The van der Waals surface area contributed by atoms with Crippen LogP contribution in [0.15, 0.2) is 42.5 Å². The molecule has 1 aliphatic rings. The van der Waals surface area contributed by atoms with Crippen LogP contribution in [0.1, 0.15) is 44.2 Å². The summed E-state index contributed by atoms with van der Waals surface area (Å²) < 4.78 is 0. The minimum Gasteiger partial charge on any atom is -0.318 e. The summed E-state index contributed by atoms with van der Waals surface area (Å²) in [5, 5.41) is 11.3. The van der Waals surface area contributed by atoms with Crippen LogP contribution in [0.25, 0.3) is 0 Å². The number of nitrogens with one attached hydrogen (secondary N) is 2. The highest BCUT2D eigenvalue weighted by Gasteiger charge is 2.20. The number of imide groups is 1. The molecule has 1 fully saturated rings. The zero-order valence-electron chi connectivity index (χ0n) is 16.7. The third-order valence-corrected chi connectivity index (χ3v) is 6.08. The Morgan fingerprint density at radius 3 is 2.43 bits per heavy atom. The van der Waals surface area contributed by atoms with E-state index in [1.165, 1.54) is 17.8 Å². The van der Waals surface area contributed by atoms with E-state index in [-0.39, 0.29) is 6.54 Å². The molecule has 4 amide bonds. The average molecular weight is 431 g/mol. The number of carbonyl (C=O) groups excluding carboxylic acids is 3. The fourth-order valence-corrected chi connectivity index (χ4v) is 4.28. The summed E-state index contributed by atoms with van der Waals surface area (Å²) in [6, 6.07) is 11.5. The van der Waals surface area contributed by atoms with Crippen molar-refractivity contribution < 1.29 is 19.6 Å². The van der Waals surface area contributed by atoms with Gasteiger partial charge in [0.15, 0.2) is 0 Å². The van der Waals surface area contributed by atoms with Gasteiger partial charge in [-0.05, 0) is 50.2 Å². The maximum absolute atomic E-state index is 12.9. The van der Waals surface area contributed by atoms with Gasteiger partial charge in [0.2, 0.25) is 0 Å². The van der Waals surface area contributed by atoms with Crippen molar-refractivity contribution in [2.75, 3.05) is 26.2 Å². The molecule has 160 valence electrons. The third-order valence-electron chi connectivity index (χ3n) is 5.01. The molecule has 9 heteroatoms. The number of rotatable bonds is 7. The fourth-order valence-electron chi connectivity index (χ4n) is 3.36. The van der Waals surface area contributed by atoms with E-state index in [4.69, 9.17) is 5.21 Å². The summed E-state index contributed by atoms with van der Waals surface area (Å²) in [5.74, 6) is -1.04. The van der Waals surface area contributed by atoms with E-state index in [1.54, 1.807) is 52.8 Å². The van der Waals surface area contributed by atoms with Gasteiger partial charge in [-0.15, -0.1) is 11.3 Å². The number of hydrogen-bond acceptors (Lipinski definition) is 6. The standard InChI is InChI=1S/C21H26N4O4S/c26-19(16-7-3-1-4-8-16)22-21(28)25(14-13-24-11-5-2-6-12-24)15-17-9-10-18(30-17)20(27)23-29/h1,3-4,7-10,29H,2,5-6,11-15H2,(H,23,27)(H,22,26,28). The summed E-state index contributed by atoms with van der Waals surface area (Å²) in [7, 11) is 0. The second-order valence-electron chi connectivity index (χ2n) is 7.16. The summed E-state index contributed by atoms with van der Waals surface area (Å²) in [6.45, 7) is 3.48. The molecule has 0 unspecified atom stereocenters. The van der Waals surface area contributed by atoms with Crippen LogP contribution in [0.5, 0.6) is 0 Å². The normalized spacial score (nSPS) is 14.2. The van der Waals surface area contributed by atoms with Gasteiger partial charge in [-0.1, -0.05) is 24.6 Å². The lowest BCUT2D eigenvalue weighted by Gasteiger charge is -2.30. The summed E-state index contributed by atoms with van der Waals surface area (Å²) in [5.41, 5.74) is 2.03. The zero-order chi connectivity index (χ0) is 21.3. The van der Waals surface area contributed by atoms with Crippen LogP contribution in [-0.4, -0.2) is 59.0 Å². The number of hydroxylamine groups is 1. The van der Waals surface area contributed by atoms with E-state index in [2.05, 4.69) is 10.2 Å². The lowest BCUT2D eigenvalue weighted by molar-refractivity contribution is 0.0711. The molecule has 30 heavy (non-hydrogen) atoms. The first kappa shape index (κ1) is 21.9. The van der Waals surface area contributed by atoms with E-state index < -0.39 is 17.8 Å². The molecule has 1 aliphatic heterocycles. The maximum atomic E-state index is 12.9. The zero-order valence-corrected chi connectivity index (χ0v) is 17.5. The van der Waals surface area contributed by atoms with E-state index in [0.29, 0.717) is 17.0 Å². The number of hydrogen-bond donors (Lipinski definition) is 3. The van der Waals surface area contributed by atoms with Gasteiger partial charge in [0.25, 0.3) is 11.8 Å². The predicted molar refractivity (Wildman–Crippen MR) is 114 cm³/mol. The molecule has 0 atom stereocenters. The van der Waals surface area contributed by atoms with Crippen molar-refractivity contribution in [3.05, 3.63) is 57.8 Å². The molecule has 0 aliphatic carbocycles. The third kappa shape index (κ3) is 6.12. The summed E-state index contributed by atoms with van der Waals surface area (Å²) in [6.07, 6.45) is 3.55. The number of amides is 4. The van der Waals surface area contributed by atoms with Crippen LogP contribution in [0.3, 0.4) is 0 Å². The van der Waals surface area contributed by atoms with Crippen LogP contribution in [0, 0.1) is 0 Å². The molecular formula is C21H26N4O4S.